The van der Waals surface area contributed by atoms with Gasteiger partial charge < -0.3 is 15.4 Å². The van der Waals surface area contributed by atoms with Crippen molar-refractivity contribution in [1.82, 2.24) is 10.6 Å². The third-order valence-corrected chi connectivity index (χ3v) is 5.47. The highest BCUT2D eigenvalue weighted by molar-refractivity contribution is 8.00. The van der Waals surface area contributed by atoms with Gasteiger partial charge in [0.05, 0.1) is 18.2 Å². The van der Waals surface area contributed by atoms with Gasteiger partial charge in [-0.2, -0.15) is 11.8 Å². The minimum atomic E-state index is -0.0906. The summed E-state index contributed by atoms with van der Waals surface area (Å²) in [5.74, 6) is 0.900. The molecule has 2 heterocycles. The molecule has 1 unspecified atom stereocenters. The van der Waals surface area contributed by atoms with Crippen molar-refractivity contribution in [2.45, 2.75) is 69.4 Å². The van der Waals surface area contributed by atoms with Crippen LogP contribution in [0.3, 0.4) is 0 Å². The summed E-state index contributed by atoms with van der Waals surface area (Å²) in [7, 11) is 0. The first-order valence-electron chi connectivity index (χ1n) is 7.48. The third kappa shape index (κ3) is 4.04. The van der Waals surface area contributed by atoms with Crippen LogP contribution in [-0.2, 0) is 9.53 Å². The van der Waals surface area contributed by atoms with Crippen molar-refractivity contribution in [2.75, 3.05) is 5.75 Å². The van der Waals surface area contributed by atoms with Crippen molar-refractivity contribution < 1.29 is 14.3 Å². The number of ether oxygens (including phenoxy) is 1. The van der Waals surface area contributed by atoms with Gasteiger partial charge in [-0.25, -0.2) is 4.79 Å². The number of carbonyl (C=O) groups excluding carboxylic acids is 2. The van der Waals surface area contributed by atoms with Gasteiger partial charge in [0, 0.05) is 17.4 Å². The molecule has 4 atom stereocenters. The van der Waals surface area contributed by atoms with Gasteiger partial charge in [0.1, 0.15) is 0 Å². The average molecular weight is 300 g/mol. The van der Waals surface area contributed by atoms with E-state index in [1.807, 2.05) is 25.6 Å². The van der Waals surface area contributed by atoms with E-state index in [0.29, 0.717) is 11.7 Å². The highest BCUT2D eigenvalue weighted by Crippen LogP contribution is 2.33. The third-order valence-electron chi connectivity index (χ3n) is 3.97. The summed E-state index contributed by atoms with van der Waals surface area (Å²) in [4.78, 5) is 22.8. The average Bonchev–Trinajstić information content (AvgIpc) is 2.94. The number of esters is 1. The first-order chi connectivity index (χ1) is 9.60. The molecule has 2 rings (SSSR count). The first kappa shape index (κ1) is 15.5. The molecule has 0 spiro atoms. The minimum Gasteiger partial charge on any atom is -0.463 e. The summed E-state index contributed by atoms with van der Waals surface area (Å²) >= 11 is 1.92. The molecule has 0 aliphatic carbocycles. The van der Waals surface area contributed by atoms with Crippen LogP contribution in [0.15, 0.2) is 0 Å². The second kappa shape index (κ2) is 7.20. The number of thioether (sulfide) groups is 1. The van der Waals surface area contributed by atoms with Crippen molar-refractivity contribution in [2.24, 2.45) is 0 Å². The zero-order valence-electron chi connectivity index (χ0n) is 12.2. The molecule has 2 aliphatic heterocycles. The summed E-state index contributed by atoms with van der Waals surface area (Å²) in [6.07, 6.45) is 4.30. The highest BCUT2D eigenvalue weighted by Gasteiger charge is 2.42. The Hall–Kier alpha value is -0.910. The Morgan fingerprint density at radius 1 is 1.45 bits per heavy atom. The van der Waals surface area contributed by atoms with E-state index in [2.05, 4.69) is 10.6 Å². The van der Waals surface area contributed by atoms with E-state index < -0.39 is 0 Å². The number of amides is 2. The summed E-state index contributed by atoms with van der Waals surface area (Å²) < 4.78 is 5.24. The molecule has 2 amide bonds. The quantitative estimate of drug-likeness (QED) is 0.429. The lowest BCUT2D eigenvalue weighted by Crippen LogP contribution is -2.36. The lowest BCUT2D eigenvalue weighted by Gasteiger charge is -2.16. The molecule has 2 aliphatic rings. The molecule has 0 aromatic heterocycles. The van der Waals surface area contributed by atoms with E-state index >= 15 is 0 Å². The van der Waals surface area contributed by atoms with Crippen molar-refractivity contribution >= 4 is 23.8 Å². The molecule has 6 heteroatoms. The van der Waals surface area contributed by atoms with Gasteiger partial charge in [0.15, 0.2) is 0 Å². The standard InChI is InChI=1S/C14H24N2O3S/c1-3-9(2)19-12(17)7-5-4-6-11-13-10(8-20-11)15-14(18)16-13/h9-11,13H,3-8H2,1-2H3,(H2,15,16,18)/t9?,10-,11-,13-/m0/s1. The Morgan fingerprint density at radius 3 is 3.00 bits per heavy atom. The van der Waals surface area contributed by atoms with Crippen LogP contribution < -0.4 is 10.6 Å². The van der Waals surface area contributed by atoms with Crippen LogP contribution in [0.25, 0.3) is 0 Å². The summed E-state index contributed by atoms with van der Waals surface area (Å²) in [6, 6.07) is 0.509. The number of urea groups is 1. The van der Waals surface area contributed by atoms with Crippen LogP contribution in [0.1, 0.15) is 46.0 Å². The molecular weight excluding hydrogens is 276 g/mol. The van der Waals surface area contributed by atoms with E-state index in [9.17, 15) is 9.59 Å². The lowest BCUT2D eigenvalue weighted by atomic mass is 10.0. The van der Waals surface area contributed by atoms with Gasteiger partial charge in [-0.05, 0) is 26.2 Å². The largest absolute Gasteiger partial charge is 0.463 e. The Kier molecular flexibility index (Phi) is 5.57. The Morgan fingerprint density at radius 2 is 2.25 bits per heavy atom. The van der Waals surface area contributed by atoms with Crippen molar-refractivity contribution in [3.05, 3.63) is 0 Å². The van der Waals surface area contributed by atoms with Crippen LogP contribution in [-0.4, -0.2) is 41.2 Å². The molecule has 2 saturated heterocycles. The van der Waals surface area contributed by atoms with Crippen LogP contribution in [0.2, 0.25) is 0 Å². The molecule has 20 heavy (non-hydrogen) atoms. The molecule has 2 fully saturated rings. The maximum atomic E-state index is 11.5. The van der Waals surface area contributed by atoms with Crippen molar-refractivity contribution in [3.8, 4) is 0 Å². The monoisotopic (exact) mass is 300 g/mol. The summed E-state index contributed by atoms with van der Waals surface area (Å²) in [5, 5.41) is 6.40. The number of nitrogens with one attached hydrogen (secondary N) is 2. The number of rotatable bonds is 7. The molecule has 0 aromatic rings. The predicted molar refractivity (Wildman–Crippen MR) is 79.8 cm³/mol. The van der Waals surface area contributed by atoms with E-state index in [0.717, 1.165) is 31.4 Å². The maximum absolute atomic E-state index is 11.5. The molecule has 0 bridgehead atoms. The Bertz CT molecular complexity index is 364. The number of hydrogen-bond donors (Lipinski definition) is 2. The zero-order chi connectivity index (χ0) is 14.5. The lowest BCUT2D eigenvalue weighted by molar-refractivity contribution is -0.148. The van der Waals surface area contributed by atoms with Crippen LogP contribution >= 0.6 is 11.8 Å². The number of carbonyl (C=O) groups is 2. The van der Waals surface area contributed by atoms with Crippen LogP contribution in [0, 0.1) is 0 Å². The Labute approximate surface area is 124 Å². The van der Waals surface area contributed by atoms with Gasteiger partial charge >= 0.3 is 12.0 Å². The highest BCUT2D eigenvalue weighted by atomic mass is 32.2. The molecule has 0 aromatic carbocycles. The fourth-order valence-corrected chi connectivity index (χ4v) is 4.17. The van der Waals surface area contributed by atoms with E-state index in [-0.39, 0.29) is 30.2 Å². The SMILES string of the molecule is CCC(C)OC(=O)CCCC[C@@H]1SC[C@@H]2NC(=O)N[C@@H]21. The summed E-state index contributed by atoms with van der Waals surface area (Å²) in [5.41, 5.74) is 0. The predicted octanol–water partition coefficient (Wildman–Crippen LogP) is 2.05. The number of hydrogen-bond acceptors (Lipinski definition) is 4. The number of unbranched alkanes of at least 4 members (excludes halogenated alkanes) is 1. The van der Waals surface area contributed by atoms with Crippen molar-refractivity contribution in [1.29, 1.82) is 0 Å². The van der Waals surface area contributed by atoms with Gasteiger partial charge in [-0.1, -0.05) is 13.3 Å². The molecule has 5 nitrogen and oxygen atoms in total. The second-order valence-electron chi connectivity index (χ2n) is 5.58. The molecule has 114 valence electrons. The van der Waals surface area contributed by atoms with E-state index in [1.165, 1.54) is 0 Å². The summed E-state index contributed by atoms with van der Waals surface area (Å²) in [6.45, 7) is 3.93. The molecule has 0 saturated carbocycles. The topological polar surface area (TPSA) is 67.4 Å². The molecular formula is C14H24N2O3S. The van der Waals surface area contributed by atoms with Crippen molar-refractivity contribution in [3.63, 3.8) is 0 Å². The van der Waals surface area contributed by atoms with Gasteiger partial charge in [0.2, 0.25) is 0 Å². The second-order valence-corrected chi connectivity index (χ2v) is 6.85. The number of fused-ring (bicyclic) bond motifs is 1. The fraction of sp³-hybridized carbons (Fsp3) is 0.857. The molecule has 0 radical (unpaired) electrons. The van der Waals surface area contributed by atoms with E-state index in [4.69, 9.17) is 4.74 Å². The maximum Gasteiger partial charge on any atom is 0.315 e. The molecule has 2 N–H and O–H groups in total. The minimum absolute atomic E-state index is 0.0217. The normalized spacial score (nSPS) is 29.5. The van der Waals surface area contributed by atoms with Crippen LogP contribution in [0.4, 0.5) is 4.79 Å². The Balaban J connectivity index is 1.60. The van der Waals surface area contributed by atoms with Gasteiger partial charge in [-0.15, -0.1) is 0 Å². The smallest absolute Gasteiger partial charge is 0.315 e. The zero-order valence-corrected chi connectivity index (χ0v) is 13.0. The van der Waals surface area contributed by atoms with Crippen LogP contribution in [0.5, 0.6) is 0 Å². The van der Waals surface area contributed by atoms with Gasteiger partial charge in [0.25, 0.3) is 0 Å². The van der Waals surface area contributed by atoms with Gasteiger partial charge in [-0.3, -0.25) is 4.79 Å². The van der Waals surface area contributed by atoms with E-state index in [1.54, 1.807) is 0 Å². The fourth-order valence-electron chi connectivity index (χ4n) is 2.62. The first-order valence-corrected chi connectivity index (χ1v) is 8.53.